The minimum atomic E-state index is 0. The van der Waals surface area contributed by atoms with Gasteiger partial charge in [0.05, 0.1) is 26.1 Å². The summed E-state index contributed by atoms with van der Waals surface area (Å²) >= 11 is 0. The molecule has 0 saturated heterocycles. The molecule has 0 amide bonds. The summed E-state index contributed by atoms with van der Waals surface area (Å²) in [6.07, 6.45) is 3.34. The van der Waals surface area contributed by atoms with E-state index in [1.54, 1.807) is 19.6 Å². The van der Waals surface area contributed by atoms with Crippen LogP contribution in [0.25, 0.3) is 0 Å². The van der Waals surface area contributed by atoms with Crippen molar-refractivity contribution in [2.24, 2.45) is 5.10 Å². The van der Waals surface area contributed by atoms with Crippen molar-refractivity contribution in [2.75, 3.05) is 23.2 Å². The fraction of sp³-hybridized carbons (Fsp3) is 0.200. The van der Waals surface area contributed by atoms with Gasteiger partial charge in [-0.15, -0.1) is 12.4 Å². The molecule has 0 radical (unpaired) electrons. The topological polar surface area (TPSA) is 109 Å². The smallest absolute Gasteiger partial charge is 0.250 e. The second-order valence-electron chi connectivity index (χ2n) is 7.78. The van der Waals surface area contributed by atoms with Crippen LogP contribution in [0.3, 0.4) is 0 Å². The third-order valence-electron chi connectivity index (χ3n) is 4.96. The van der Waals surface area contributed by atoms with E-state index in [0.717, 1.165) is 22.8 Å². The van der Waals surface area contributed by atoms with E-state index in [1.807, 2.05) is 48.5 Å². The number of nitrogens with one attached hydrogen (secondary N) is 3. The van der Waals surface area contributed by atoms with Crippen LogP contribution in [-0.4, -0.2) is 28.3 Å². The zero-order chi connectivity index (χ0) is 23.8. The first-order valence-corrected chi connectivity index (χ1v) is 10.9. The first-order chi connectivity index (χ1) is 16.6. The Balaban J connectivity index is 0.00000342. The minimum absolute atomic E-state index is 0. The van der Waals surface area contributed by atoms with E-state index in [1.165, 1.54) is 5.56 Å². The average molecular weight is 494 g/mol. The second kappa shape index (κ2) is 12.4. The highest BCUT2D eigenvalue weighted by atomic mass is 35.5. The summed E-state index contributed by atoms with van der Waals surface area (Å²) in [6, 6.07) is 19.4. The van der Waals surface area contributed by atoms with Gasteiger partial charge >= 0.3 is 0 Å². The Bertz CT molecular complexity index is 1210. The Morgan fingerprint density at radius 2 is 1.66 bits per heavy atom. The zero-order valence-corrected chi connectivity index (χ0v) is 20.5. The van der Waals surface area contributed by atoms with Gasteiger partial charge < -0.3 is 19.8 Å². The standard InChI is InChI=1S/C25H27N7O2.ClH/c1-17(2)19-8-6-18(7-9-19)15-27-32-25-30-23(26-16-22-5-4-14-34-22)29-24(31-25)28-20-10-12-21(33-3)13-11-20;/h4-15,17H,16H2,1-3H3,(H3,26,28,29,30,31,32);1H. The van der Waals surface area contributed by atoms with Gasteiger partial charge in [-0.1, -0.05) is 38.1 Å². The first-order valence-electron chi connectivity index (χ1n) is 10.9. The Hall–Kier alpha value is -4.11. The van der Waals surface area contributed by atoms with Crippen LogP contribution in [0.5, 0.6) is 5.75 Å². The number of furan rings is 1. The number of methoxy groups -OCH3 is 1. The molecule has 0 aliphatic carbocycles. The fourth-order valence-electron chi connectivity index (χ4n) is 3.08. The summed E-state index contributed by atoms with van der Waals surface area (Å²) in [7, 11) is 1.63. The first kappa shape index (κ1) is 25.5. The second-order valence-corrected chi connectivity index (χ2v) is 7.78. The average Bonchev–Trinajstić information content (AvgIpc) is 3.37. The molecule has 2 aromatic carbocycles. The van der Waals surface area contributed by atoms with Crippen LogP contribution >= 0.6 is 12.4 Å². The Morgan fingerprint density at radius 3 is 2.31 bits per heavy atom. The van der Waals surface area contributed by atoms with Gasteiger partial charge in [-0.2, -0.15) is 20.1 Å². The SMILES string of the molecule is COc1ccc(Nc2nc(NCc3ccco3)nc(NN=Cc3ccc(C(C)C)cc3)n2)cc1.Cl. The molecule has 4 rings (SSSR count). The normalized spacial score (nSPS) is 10.7. The number of halogens is 1. The predicted octanol–water partition coefficient (Wildman–Crippen LogP) is 5.82. The van der Waals surface area contributed by atoms with Crippen molar-refractivity contribution in [1.82, 2.24) is 15.0 Å². The molecule has 0 spiro atoms. The van der Waals surface area contributed by atoms with Gasteiger partial charge in [0.25, 0.3) is 0 Å². The molecule has 3 N–H and O–H groups in total. The number of rotatable bonds is 10. The molecule has 0 saturated carbocycles. The van der Waals surface area contributed by atoms with Crippen molar-refractivity contribution in [3.63, 3.8) is 0 Å². The van der Waals surface area contributed by atoms with Crippen LogP contribution in [0, 0.1) is 0 Å². The van der Waals surface area contributed by atoms with Crippen LogP contribution in [-0.2, 0) is 6.54 Å². The van der Waals surface area contributed by atoms with E-state index in [4.69, 9.17) is 9.15 Å². The largest absolute Gasteiger partial charge is 0.497 e. The fourth-order valence-corrected chi connectivity index (χ4v) is 3.08. The number of benzene rings is 2. The van der Waals surface area contributed by atoms with Crippen molar-refractivity contribution in [1.29, 1.82) is 0 Å². The van der Waals surface area contributed by atoms with Crippen molar-refractivity contribution < 1.29 is 9.15 Å². The molecule has 2 heterocycles. The van der Waals surface area contributed by atoms with Crippen LogP contribution in [0.1, 0.15) is 36.7 Å². The van der Waals surface area contributed by atoms with E-state index >= 15 is 0 Å². The molecule has 10 heteroatoms. The van der Waals surface area contributed by atoms with Gasteiger partial charge in [0.15, 0.2) is 0 Å². The van der Waals surface area contributed by atoms with Crippen LogP contribution in [0.4, 0.5) is 23.5 Å². The minimum Gasteiger partial charge on any atom is -0.497 e. The van der Waals surface area contributed by atoms with E-state index in [9.17, 15) is 0 Å². The number of anilines is 4. The van der Waals surface area contributed by atoms with Crippen molar-refractivity contribution >= 4 is 42.2 Å². The van der Waals surface area contributed by atoms with Gasteiger partial charge in [0, 0.05) is 5.69 Å². The van der Waals surface area contributed by atoms with Gasteiger partial charge in [-0.3, -0.25) is 0 Å². The number of ether oxygens (including phenoxy) is 1. The molecule has 4 aromatic rings. The third kappa shape index (κ3) is 7.44. The van der Waals surface area contributed by atoms with Gasteiger partial charge in [0.2, 0.25) is 17.8 Å². The number of hydrogen-bond donors (Lipinski definition) is 3. The van der Waals surface area contributed by atoms with Crippen molar-refractivity contribution in [3.05, 3.63) is 83.8 Å². The molecule has 0 unspecified atom stereocenters. The lowest BCUT2D eigenvalue weighted by atomic mass is 10.0. The van der Waals surface area contributed by atoms with E-state index in [-0.39, 0.29) is 12.4 Å². The van der Waals surface area contributed by atoms with Gasteiger partial charge in [-0.05, 0) is 53.4 Å². The molecular weight excluding hydrogens is 466 g/mol. The van der Waals surface area contributed by atoms with E-state index in [2.05, 4.69) is 62.1 Å². The molecule has 0 bridgehead atoms. The maximum atomic E-state index is 5.37. The number of nitrogens with zero attached hydrogens (tertiary/aromatic N) is 4. The van der Waals surface area contributed by atoms with Crippen molar-refractivity contribution in [3.8, 4) is 5.75 Å². The lowest BCUT2D eigenvalue weighted by molar-refractivity contribution is 0.415. The summed E-state index contributed by atoms with van der Waals surface area (Å²) in [5.41, 5.74) is 5.95. The highest BCUT2D eigenvalue weighted by molar-refractivity contribution is 5.85. The van der Waals surface area contributed by atoms with Gasteiger partial charge in [0.1, 0.15) is 11.5 Å². The Morgan fingerprint density at radius 1 is 0.943 bits per heavy atom. The van der Waals surface area contributed by atoms with Crippen LogP contribution in [0.2, 0.25) is 0 Å². The maximum Gasteiger partial charge on any atom is 0.250 e. The molecule has 0 fully saturated rings. The molecule has 0 atom stereocenters. The molecule has 182 valence electrons. The molecule has 35 heavy (non-hydrogen) atoms. The summed E-state index contributed by atoms with van der Waals surface area (Å²) < 4.78 is 10.6. The van der Waals surface area contributed by atoms with E-state index in [0.29, 0.717) is 30.3 Å². The monoisotopic (exact) mass is 493 g/mol. The highest BCUT2D eigenvalue weighted by Crippen LogP contribution is 2.20. The third-order valence-corrected chi connectivity index (χ3v) is 4.96. The number of aromatic nitrogens is 3. The quantitative estimate of drug-likeness (QED) is 0.187. The summed E-state index contributed by atoms with van der Waals surface area (Å²) in [5.74, 6) is 3.05. The van der Waals surface area contributed by atoms with E-state index < -0.39 is 0 Å². The predicted molar refractivity (Wildman–Crippen MR) is 141 cm³/mol. The highest BCUT2D eigenvalue weighted by Gasteiger charge is 2.08. The Labute approximate surface area is 210 Å². The summed E-state index contributed by atoms with van der Waals surface area (Å²) in [6.45, 7) is 4.77. The number of hydrazone groups is 1. The molecular formula is C25H28ClN7O2. The molecule has 9 nitrogen and oxygen atoms in total. The van der Waals surface area contributed by atoms with Crippen LogP contribution in [0.15, 0.2) is 76.4 Å². The molecule has 2 aromatic heterocycles. The van der Waals surface area contributed by atoms with Crippen molar-refractivity contribution in [2.45, 2.75) is 26.3 Å². The maximum absolute atomic E-state index is 5.37. The summed E-state index contributed by atoms with van der Waals surface area (Å²) in [5, 5.41) is 10.6. The molecule has 0 aliphatic heterocycles. The lowest BCUT2D eigenvalue weighted by Crippen LogP contribution is -2.09. The molecule has 0 aliphatic rings. The zero-order valence-electron chi connectivity index (χ0n) is 19.7. The lowest BCUT2D eigenvalue weighted by Gasteiger charge is -2.10. The van der Waals surface area contributed by atoms with Crippen LogP contribution < -0.4 is 20.8 Å². The number of hydrogen-bond acceptors (Lipinski definition) is 9. The summed E-state index contributed by atoms with van der Waals surface area (Å²) in [4.78, 5) is 13.3. The van der Waals surface area contributed by atoms with Gasteiger partial charge in [-0.25, -0.2) is 5.43 Å². The Kier molecular flexibility index (Phi) is 9.02.